The molecule has 15 heavy (non-hydrogen) atoms. The Hall–Kier alpha value is -1.42. The predicted octanol–water partition coefficient (Wildman–Crippen LogP) is 3.46. The van der Waals surface area contributed by atoms with Crippen LogP contribution in [0.1, 0.15) is 18.0 Å². The summed E-state index contributed by atoms with van der Waals surface area (Å²) in [6.07, 6.45) is 1.78. The molecule has 1 atom stereocenters. The molecule has 0 bridgehead atoms. The molecule has 0 fully saturated rings. The van der Waals surface area contributed by atoms with Crippen molar-refractivity contribution in [1.82, 2.24) is 4.98 Å². The molecule has 0 amide bonds. The van der Waals surface area contributed by atoms with Gasteiger partial charge in [-0.1, -0.05) is 0 Å². The number of halogens is 1. The van der Waals surface area contributed by atoms with Crippen molar-refractivity contribution in [3.05, 3.63) is 46.7 Å². The van der Waals surface area contributed by atoms with Gasteiger partial charge in [-0.2, -0.15) is 0 Å². The molecule has 1 aromatic heterocycles. The molecule has 0 aliphatic carbocycles. The highest BCUT2D eigenvalue weighted by Crippen LogP contribution is 2.20. The molecule has 0 saturated heterocycles. The van der Waals surface area contributed by atoms with Gasteiger partial charge < -0.3 is 5.32 Å². The lowest BCUT2D eigenvalue weighted by Gasteiger charge is -2.12. The van der Waals surface area contributed by atoms with E-state index in [1.165, 1.54) is 12.1 Å². The van der Waals surface area contributed by atoms with Gasteiger partial charge in [-0.25, -0.2) is 9.37 Å². The molecule has 2 aromatic rings. The number of hydrogen-bond donors (Lipinski definition) is 1. The molecule has 0 radical (unpaired) electrons. The van der Waals surface area contributed by atoms with E-state index in [0.717, 1.165) is 10.7 Å². The second-order valence-corrected chi connectivity index (χ2v) is 4.17. The summed E-state index contributed by atoms with van der Waals surface area (Å²) in [5, 5.41) is 6.22. The van der Waals surface area contributed by atoms with E-state index in [2.05, 4.69) is 10.3 Å². The van der Waals surface area contributed by atoms with Gasteiger partial charge >= 0.3 is 0 Å². The zero-order valence-corrected chi connectivity index (χ0v) is 9.09. The van der Waals surface area contributed by atoms with E-state index in [1.807, 2.05) is 12.3 Å². The molecule has 1 aromatic carbocycles. The molecule has 0 spiro atoms. The highest BCUT2D eigenvalue weighted by atomic mass is 32.1. The Morgan fingerprint density at radius 2 is 2.07 bits per heavy atom. The van der Waals surface area contributed by atoms with E-state index < -0.39 is 0 Å². The highest BCUT2D eigenvalue weighted by Gasteiger charge is 2.07. The third kappa shape index (κ3) is 2.53. The summed E-state index contributed by atoms with van der Waals surface area (Å²) in [4.78, 5) is 4.21. The summed E-state index contributed by atoms with van der Waals surface area (Å²) < 4.78 is 12.7. The number of hydrogen-bond acceptors (Lipinski definition) is 3. The van der Waals surface area contributed by atoms with Crippen LogP contribution in [0.5, 0.6) is 0 Å². The summed E-state index contributed by atoms with van der Waals surface area (Å²) >= 11 is 1.61. The Bertz CT molecular complexity index is 411. The molecule has 1 heterocycles. The normalized spacial score (nSPS) is 12.4. The Morgan fingerprint density at radius 1 is 1.33 bits per heavy atom. The van der Waals surface area contributed by atoms with E-state index in [9.17, 15) is 4.39 Å². The first-order valence-corrected chi connectivity index (χ1v) is 5.55. The number of rotatable bonds is 3. The second-order valence-electron chi connectivity index (χ2n) is 3.24. The van der Waals surface area contributed by atoms with E-state index >= 15 is 0 Å². The Labute approximate surface area is 91.8 Å². The molecule has 2 rings (SSSR count). The van der Waals surface area contributed by atoms with Crippen molar-refractivity contribution in [3.8, 4) is 0 Å². The summed E-state index contributed by atoms with van der Waals surface area (Å²) in [7, 11) is 0. The van der Waals surface area contributed by atoms with Crippen LogP contribution in [0, 0.1) is 5.82 Å². The van der Waals surface area contributed by atoms with E-state index in [-0.39, 0.29) is 11.9 Å². The second kappa shape index (κ2) is 4.40. The van der Waals surface area contributed by atoms with Gasteiger partial charge in [0.2, 0.25) is 0 Å². The number of benzene rings is 1. The van der Waals surface area contributed by atoms with Crippen LogP contribution >= 0.6 is 11.3 Å². The first-order valence-electron chi connectivity index (χ1n) is 4.67. The topological polar surface area (TPSA) is 24.9 Å². The quantitative estimate of drug-likeness (QED) is 0.860. The molecule has 0 aliphatic rings. The predicted molar refractivity (Wildman–Crippen MR) is 60.6 cm³/mol. The molecule has 0 saturated carbocycles. The first-order chi connectivity index (χ1) is 7.25. The zero-order chi connectivity index (χ0) is 10.7. The SMILES string of the molecule is CC(Nc1ccc(F)cc1)c1nccs1. The van der Waals surface area contributed by atoms with Crippen LogP contribution in [0.25, 0.3) is 0 Å². The highest BCUT2D eigenvalue weighted by molar-refractivity contribution is 7.09. The van der Waals surface area contributed by atoms with E-state index in [0.29, 0.717) is 0 Å². The number of nitrogens with one attached hydrogen (secondary N) is 1. The maximum atomic E-state index is 12.7. The summed E-state index contributed by atoms with van der Waals surface area (Å²) in [5.74, 6) is -0.220. The maximum absolute atomic E-state index is 12.7. The van der Waals surface area contributed by atoms with Crippen LogP contribution in [0.3, 0.4) is 0 Å². The smallest absolute Gasteiger partial charge is 0.123 e. The molecule has 0 aliphatic heterocycles. The minimum atomic E-state index is -0.220. The van der Waals surface area contributed by atoms with Crippen LogP contribution in [0.2, 0.25) is 0 Å². The fourth-order valence-electron chi connectivity index (χ4n) is 1.31. The van der Waals surface area contributed by atoms with Gasteiger partial charge in [0.15, 0.2) is 0 Å². The van der Waals surface area contributed by atoms with Gasteiger partial charge in [0, 0.05) is 17.3 Å². The average Bonchev–Trinajstić information content (AvgIpc) is 2.74. The van der Waals surface area contributed by atoms with Crippen LogP contribution in [0.4, 0.5) is 10.1 Å². The van der Waals surface area contributed by atoms with Crippen molar-refractivity contribution < 1.29 is 4.39 Å². The van der Waals surface area contributed by atoms with Crippen LogP contribution in [0.15, 0.2) is 35.8 Å². The number of thiazole rings is 1. The third-order valence-electron chi connectivity index (χ3n) is 2.05. The Balaban J connectivity index is 2.06. The Kier molecular flexibility index (Phi) is 2.97. The number of nitrogens with zero attached hydrogens (tertiary/aromatic N) is 1. The molecule has 4 heteroatoms. The summed E-state index contributed by atoms with van der Waals surface area (Å²) in [6.45, 7) is 2.03. The van der Waals surface area contributed by atoms with Crippen LogP contribution < -0.4 is 5.32 Å². The average molecular weight is 222 g/mol. The third-order valence-corrected chi connectivity index (χ3v) is 3.01. The first kappa shape index (κ1) is 10.1. The van der Waals surface area contributed by atoms with Crippen LogP contribution in [-0.4, -0.2) is 4.98 Å². The zero-order valence-electron chi connectivity index (χ0n) is 8.27. The van der Waals surface area contributed by atoms with Crippen molar-refractivity contribution in [2.75, 3.05) is 5.32 Å². The fourth-order valence-corrected chi connectivity index (χ4v) is 1.95. The monoisotopic (exact) mass is 222 g/mol. The Morgan fingerprint density at radius 3 is 2.67 bits per heavy atom. The minimum Gasteiger partial charge on any atom is -0.376 e. The lowest BCUT2D eigenvalue weighted by Crippen LogP contribution is -2.05. The van der Waals surface area contributed by atoms with Crippen molar-refractivity contribution >= 4 is 17.0 Å². The van der Waals surface area contributed by atoms with Gasteiger partial charge in [0.25, 0.3) is 0 Å². The van der Waals surface area contributed by atoms with E-state index in [4.69, 9.17) is 0 Å². The lowest BCUT2D eigenvalue weighted by atomic mass is 10.2. The van der Waals surface area contributed by atoms with Gasteiger partial charge in [-0.15, -0.1) is 11.3 Å². The fraction of sp³-hybridized carbons (Fsp3) is 0.182. The van der Waals surface area contributed by atoms with Gasteiger partial charge in [0.1, 0.15) is 10.8 Å². The molecule has 1 N–H and O–H groups in total. The standard InChI is InChI=1S/C11H11FN2S/c1-8(11-13-6-7-15-11)14-10-4-2-9(12)3-5-10/h2-8,14H,1H3. The summed E-state index contributed by atoms with van der Waals surface area (Å²) in [6, 6.07) is 6.47. The van der Waals surface area contributed by atoms with Crippen molar-refractivity contribution in [2.45, 2.75) is 13.0 Å². The molecular weight excluding hydrogens is 211 g/mol. The van der Waals surface area contributed by atoms with Gasteiger partial charge in [-0.3, -0.25) is 0 Å². The molecule has 78 valence electrons. The van der Waals surface area contributed by atoms with E-state index in [1.54, 1.807) is 29.7 Å². The van der Waals surface area contributed by atoms with Gasteiger partial charge in [0.05, 0.1) is 6.04 Å². The van der Waals surface area contributed by atoms with Crippen molar-refractivity contribution in [2.24, 2.45) is 0 Å². The van der Waals surface area contributed by atoms with Crippen LogP contribution in [-0.2, 0) is 0 Å². The largest absolute Gasteiger partial charge is 0.376 e. The van der Waals surface area contributed by atoms with Gasteiger partial charge in [-0.05, 0) is 31.2 Å². The summed E-state index contributed by atoms with van der Waals surface area (Å²) in [5.41, 5.74) is 0.902. The maximum Gasteiger partial charge on any atom is 0.123 e. The molecule has 1 unspecified atom stereocenters. The number of anilines is 1. The minimum absolute atomic E-state index is 0.149. The number of aromatic nitrogens is 1. The lowest BCUT2D eigenvalue weighted by molar-refractivity contribution is 0.628. The molecular formula is C11H11FN2S. The van der Waals surface area contributed by atoms with Crippen molar-refractivity contribution in [3.63, 3.8) is 0 Å². The molecule has 2 nitrogen and oxygen atoms in total. The van der Waals surface area contributed by atoms with Crippen molar-refractivity contribution in [1.29, 1.82) is 0 Å².